The zero-order valence-corrected chi connectivity index (χ0v) is 10.9. The van der Waals surface area contributed by atoms with E-state index in [-0.39, 0.29) is 0 Å². The van der Waals surface area contributed by atoms with Crippen molar-refractivity contribution >= 4 is 11.8 Å². The van der Waals surface area contributed by atoms with Crippen LogP contribution < -0.4 is 0 Å². The van der Waals surface area contributed by atoms with Crippen LogP contribution >= 0.6 is 11.8 Å². The molecule has 0 saturated carbocycles. The van der Waals surface area contributed by atoms with E-state index in [0.29, 0.717) is 11.2 Å². The van der Waals surface area contributed by atoms with Gasteiger partial charge in [-0.3, -0.25) is 0 Å². The molecule has 1 aliphatic rings. The minimum absolute atomic E-state index is 0.498. The molecular weight excluding hydrogens is 212 g/mol. The third-order valence-corrected chi connectivity index (χ3v) is 4.00. The normalized spacial score (nSPS) is 28.4. The molecule has 16 heavy (non-hydrogen) atoms. The predicted octanol–water partition coefficient (Wildman–Crippen LogP) is 4.71. The van der Waals surface area contributed by atoms with Gasteiger partial charge in [-0.1, -0.05) is 43.4 Å². The van der Waals surface area contributed by atoms with Gasteiger partial charge >= 0.3 is 0 Å². The highest BCUT2D eigenvalue weighted by Crippen LogP contribution is 2.34. The first kappa shape index (κ1) is 11.5. The summed E-state index contributed by atoms with van der Waals surface area (Å²) in [5, 5.41) is 0.538. The molecule has 0 spiro atoms. The zero-order valence-electron chi connectivity index (χ0n) is 10.1. The van der Waals surface area contributed by atoms with E-state index in [9.17, 15) is 0 Å². The molecule has 0 aliphatic carbocycles. The molecular formula is C15H18S. The van der Waals surface area contributed by atoms with Crippen molar-refractivity contribution < 1.29 is 0 Å². The quantitative estimate of drug-likeness (QED) is 0.622. The van der Waals surface area contributed by atoms with Gasteiger partial charge in [-0.2, -0.15) is 0 Å². The fourth-order valence-electron chi connectivity index (χ4n) is 1.91. The summed E-state index contributed by atoms with van der Waals surface area (Å²) in [5.74, 6) is 0.498. The lowest BCUT2D eigenvalue weighted by Crippen LogP contribution is -1.96. The van der Waals surface area contributed by atoms with Gasteiger partial charge in [0.15, 0.2) is 0 Å². The monoisotopic (exact) mass is 230 g/mol. The molecule has 2 atom stereocenters. The number of aryl methyl sites for hydroxylation is 1. The predicted molar refractivity (Wildman–Crippen MR) is 73.2 cm³/mol. The summed E-state index contributed by atoms with van der Waals surface area (Å²) in [6.07, 6.45) is 8.85. The number of rotatable bonds is 0. The SMILES string of the molecule is Cc1ccc2c(c1)SC(C)/C=C\C=C/C2C. The first-order chi connectivity index (χ1) is 7.66. The molecule has 1 aromatic rings. The summed E-state index contributed by atoms with van der Waals surface area (Å²) in [5.41, 5.74) is 2.79. The van der Waals surface area contributed by atoms with E-state index in [0.717, 1.165) is 0 Å². The highest BCUT2D eigenvalue weighted by Gasteiger charge is 2.11. The van der Waals surface area contributed by atoms with Crippen LogP contribution in [0.15, 0.2) is 47.4 Å². The summed E-state index contributed by atoms with van der Waals surface area (Å²) in [4.78, 5) is 1.43. The summed E-state index contributed by atoms with van der Waals surface area (Å²) >= 11 is 1.95. The van der Waals surface area contributed by atoms with Crippen LogP contribution in [0.25, 0.3) is 0 Å². The lowest BCUT2D eigenvalue weighted by Gasteiger charge is -2.15. The van der Waals surface area contributed by atoms with Crippen molar-refractivity contribution in [3.05, 3.63) is 53.6 Å². The minimum Gasteiger partial charge on any atom is -0.119 e. The van der Waals surface area contributed by atoms with Gasteiger partial charge in [0, 0.05) is 16.1 Å². The molecule has 0 radical (unpaired) electrons. The van der Waals surface area contributed by atoms with Crippen LogP contribution in [0.4, 0.5) is 0 Å². The van der Waals surface area contributed by atoms with Crippen molar-refractivity contribution in [1.29, 1.82) is 0 Å². The molecule has 2 rings (SSSR count). The Hall–Kier alpha value is -0.950. The second-order valence-corrected chi connectivity index (χ2v) is 5.84. The van der Waals surface area contributed by atoms with Gasteiger partial charge in [-0.15, -0.1) is 11.8 Å². The molecule has 0 fully saturated rings. The Balaban J connectivity index is 2.46. The van der Waals surface area contributed by atoms with Crippen molar-refractivity contribution in [2.45, 2.75) is 36.8 Å². The van der Waals surface area contributed by atoms with Crippen molar-refractivity contribution in [3.8, 4) is 0 Å². The van der Waals surface area contributed by atoms with E-state index in [1.54, 1.807) is 0 Å². The topological polar surface area (TPSA) is 0 Å². The Kier molecular flexibility index (Phi) is 3.55. The van der Waals surface area contributed by atoms with E-state index >= 15 is 0 Å². The number of allylic oxidation sites excluding steroid dienone is 3. The fraction of sp³-hybridized carbons (Fsp3) is 0.333. The summed E-state index contributed by atoms with van der Waals surface area (Å²) < 4.78 is 0. The number of benzene rings is 1. The lowest BCUT2D eigenvalue weighted by atomic mass is 9.99. The molecule has 0 aromatic heterocycles. The summed E-state index contributed by atoms with van der Waals surface area (Å²) in [7, 11) is 0. The van der Waals surface area contributed by atoms with Gasteiger partial charge in [-0.05, 0) is 31.0 Å². The fourth-order valence-corrected chi connectivity index (χ4v) is 3.13. The average molecular weight is 230 g/mol. The van der Waals surface area contributed by atoms with Crippen LogP contribution in [0.2, 0.25) is 0 Å². The van der Waals surface area contributed by atoms with Crippen LogP contribution in [0, 0.1) is 6.92 Å². The van der Waals surface area contributed by atoms with Crippen molar-refractivity contribution in [2.75, 3.05) is 0 Å². The van der Waals surface area contributed by atoms with E-state index in [1.165, 1.54) is 16.0 Å². The first-order valence-corrected chi connectivity index (χ1v) is 6.67. The average Bonchev–Trinajstić information content (AvgIpc) is 2.29. The Labute approximate surface area is 102 Å². The van der Waals surface area contributed by atoms with Crippen molar-refractivity contribution in [1.82, 2.24) is 0 Å². The van der Waals surface area contributed by atoms with Gasteiger partial charge in [0.1, 0.15) is 0 Å². The highest BCUT2D eigenvalue weighted by molar-refractivity contribution is 8.00. The van der Waals surface area contributed by atoms with E-state index in [1.807, 2.05) is 11.8 Å². The third-order valence-electron chi connectivity index (χ3n) is 2.87. The zero-order chi connectivity index (χ0) is 11.5. The van der Waals surface area contributed by atoms with Crippen molar-refractivity contribution in [2.24, 2.45) is 0 Å². The Morgan fingerprint density at radius 2 is 1.81 bits per heavy atom. The highest BCUT2D eigenvalue weighted by atomic mass is 32.2. The maximum absolute atomic E-state index is 2.31. The van der Waals surface area contributed by atoms with Gasteiger partial charge in [-0.25, -0.2) is 0 Å². The second kappa shape index (κ2) is 4.92. The third kappa shape index (κ3) is 2.59. The van der Waals surface area contributed by atoms with E-state index < -0.39 is 0 Å². The Morgan fingerprint density at radius 1 is 1.06 bits per heavy atom. The molecule has 2 unspecified atom stereocenters. The van der Waals surface area contributed by atoms with Crippen LogP contribution in [-0.4, -0.2) is 5.25 Å². The van der Waals surface area contributed by atoms with Gasteiger partial charge in [0.25, 0.3) is 0 Å². The lowest BCUT2D eigenvalue weighted by molar-refractivity contribution is 0.931. The Morgan fingerprint density at radius 3 is 2.62 bits per heavy atom. The number of thioether (sulfide) groups is 1. The number of fused-ring (bicyclic) bond motifs is 1. The maximum Gasteiger partial charge on any atom is 0.0249 e. The molecule has 1 aliphatic heterocycles. The molecule has 0 nitrogen and oxygen atoms in total. The summed E-state index contributed by atoms with van der Waals surface area (Å²) in [6, 6.07) is 6.78. The largest absolute Gasteiger partial charge is 0.119 e. The molecule has 0 bridgehead atoms. The van der Waals surface area contributed by atoms with Gasteiger partial charge in [0.05, 0.1) is 0 Å². The molecule has 0 amide bonds. The van der Waals surface area contributed by atoms with E-state index in [4.69, 9.17) is 0 Å². The molecule has 1 aromatic carbocycles. The van der Waals surface area contributed by atoms with E-state index in [2.05, 4.69) is 63.3 Å². The molecule has 84 valence electrons. The number of hydrogen-bond donors (Lipinski definition) is 0. The van der Waals surface area contributed by atoms with Gasteiger partial charge in [0.2, 0.25) is 0 Å². The van der Waals surface area contributed by atoms with Crippen LogP contribution in [0.1, 0.15) is 30.9 Å². The summed E-state index contributed by atoms with van der Waals surface area (Å²) in [6.45, 7) is 6.67. The molecule has 1 heteroatoms. The molecule has 0 saturated heterocycles. The maximum atomic E-state index is 2.31. The van der Waals surface area contributed by atoms with Crippen LogP contribution in [0.5, 0.6) is 0 Å². The number of hydrogen-bond acceptors (Lipinski definition) is 1. The standard InChI is InChI=1S/C15H18S/c1-11-8-9-14-12(2)6-4-5-7-13(3)16-15(14)10-11/h4-10,12-13H,1-3H3/b6-4-,7-5-. The minimum atomic E-state index is 0.498. The first-order valence-electron chi connectivity index (χ1n) is 5.79. The van der Waals surface area contributed by atoms with Crippen LogP contribution in [-0.2, 0) is 0 Å². The molecule has 1 heterocycles. The molecule has 0 N–H and O–H groups in total. The smallest absolute Gasteiger partial charge is 0.0249 e. The Bertz CT molecular complexity index is 429. The second-order valence-electron chi connectivity index (χ2n) is 4.42. The van der Waals surface area contributed by atoms with Crippen molar-refractivity contribution in [3.63, 3.8) is 0 Å². The van der Waals surface area contributed by atoms with Gasteiger partial charge < -0.3 is 0 Å². The van der Waals surface area contributed by atoms with Crippen LogP contribution in [0.3, 0.4) is 0 Å².